The number of aromatic nitrogens is 1. The van der Waals surface area contributed by atoms with Crippen molar-refractivity contribution in [2.45, 2.75) is 46.1 Å². The van der Waals surface area contributed by atoms with E-state index in [4.69, 9.17) is 5.84 Å². The average molecular weight is 343 g/mol. The molecule has 112 valence electrons. The summed E-state index contributed by atoms with van der Waals surface area (Å²) in [4.78, 5) is 16.3. The first-order valence-electron chi connectivity index (χ1n) is 6.87. The SMILES string of the molecule is CC(C)CCCC(C)NC(=O)c1cc(Br)cnc1NN. The number of amides is 1. The molecular weight excluding hydrogens is 320 g/mol. The highest BCUT2D eigenvalue weighted by Crippen LogP contribution is 2.17. The molecule has 6 heteroatoms. The van der Waals surface area contributed by atoms with Crippen molar-refractivity contribution in [1.29, 1.82) is 0 Å². The lowest BCUT2D eigenvalue weighted by atomic mass is 10.0. The number of nitrogens with one attached hydrogen (secondary N) is 2. The molecular formula is C14H23BrN4O. The third-order valence-corrected chi connectivity index (χ3v) is 3.47. The second-order valence-electron chi connectivity index (χ2n) is 5.39. The number of hydrogen-bond donors (Lipinski definition) is 3. The molecule has 5 nitrogen and oxygen atoms in total. The van der Waals surface area contributed by atoms with E-state index in [9.17, 15) is 4.79 Å². The molecule has 1 rings (SSSR count). The van der Waals surface area contributed by atoms with Gasteiger partial charge in [0.1, 0.15) is 0 Å². The summed E-state index contributed by atoms with van der Waals surface area (Å²) in [5.41, 5.74) is 2.88. The number of anilines is 1. The molecule has 1 amide bonds. The van der Waals surface area contributed by atoms with Gasteiger partial charge in [0.15, 0.2) is 5.82 Å². The molecule has 0 bridgehead atoms. The summed E-state index contributed by atoms with van der Waals surface area (Å²) in [6, 6.07) is 1.84. The van der Waals surface area contributed by atoms with Crippen LogP contribution in [0, 0.1) is 5.92 Å². The van der Waals surface area contributed by atoms with E-state index in [0.29, 0.717) is 17.3 Å². The van der Waals surface area contributed by atoms with Crippen LogP contribution >= 0.6 is 15.9 Å². The Kier molecular flexibility index (Phi) is 6.95. The molecule has 0 aliphatic rings. The molecule has 0 aliphatic heterocycles. The summed E-state index contributed by atoms with van der Waals surface area (Å²) in [5.74, 6) is 6.28. The number of nitrogen functional groups attached to an aromatic ring is 1. The van der Waals surface area contributed by atoms with Crippen LogP contribution in [0.1, 0.15) is 50.4 Å². The molecule has 0 aromatic carbocycles. The Hall–Kier alpha value is -1.14. The van der Waals surface area contributed by atoms with Crippen molar-refractivity contribution in [2.75, 3.05) is 5.43 Å². The van der Waals surface area contributed by atoms with Gasteiger partial charge in [-0.25, -0.2) is 10.8 Å². The normalized spacial score (nSPS) is 12.3. The molecule has 0 spiro atoms. The largest absolute Gasteiger partial charge is 0.349 e. The van der Waals surface area contributed by atoms with E-state index >= 15 is 0 Å². The lowest BCUT2D eigenvalue weighted by molar-refractivity contribution is 0.0938. The van der Waals surface area contributed by atoms with Gasteiger partial charge in [-0.3, -0.25) is 4.79 Å². The predicted octanol–water partition coefficient (Wildman–Crippen LogP) is 3.07. The number of pyridine rings is 1. The van der Waals surface area contributed by atoms with Crippen LogP contribution in [0.25, 0.3) is 0 Å². The highest BCUT2D eigenvalue weighted by molar-refractivity contribution is 9.10. The molecule has 4 N–H and O–H groups in total. The summed E-state index contributed by atoms with van der Waals surface area (Å²) in [6.07, 6.45) is 4.85. The van der Waals surface area contributed by atoms with Crippen molar-refractivity contribution in [3.8, 4) is 0 Å². The molecule has 0 saturated carbocycles. The third kappa shape index (κ3) is 5.46. The maximum Gasteiger partial charge on any atom is 0.255 e. The van der Waals surface area contributed by atoms with E-state index in [1.165, 1.54) is 6.42 Å². The van der Waals surface area contributed by atoms with Crippen LogP contribution < -0.4 is 16.6 Å². The van der Waals surface area contributed by atoms with E-state index in [2.05, 4.69) is 45.5 Å². The zero-order valence-electron chi connectivity index (χ0n) is 12.2. The van der Waals surface area contributed by atoms with E-state index in [1.807, 2.05) is 6.92 Å². The number of halogens is 1. The quantitative estimate of drug-likeness (QED) is 0.525. The summed E-state index contributed by atoms with van der Waals surface area (Å²) in [7, 11) is 0. The first-order valence-corrected chi connectivity index (χ1v) is 7.66. The molecule has 1 aromatic rings. The second kappa shape index (κ2) is 8.21. The maximum absolute atomic E-state index is 12.2. The lowest BCUT2D eigenvalue weighted by Crippen LogP contribution is -2.33. The Morgan fingerprint density at radius 1 is 1.40 bits per heavy atom. The third-order valence-electron chi connectivity index (χ3n) is 3.03. The summed E-state index contributed by atoms with van der Waals surface area (Å²) in [6.45, 7) is 6.42. The standard InChI is InChI=1S/C14H23BrN4O/c1-9(2)5-4-6-10(3)18-14(20)12-7-11(15)8-17-13(12)19-16/h7-10H,4-6,16H2,1-3H3,(H,17,19)(H,18,20). The minimum atomic E-state index is -0.163. The van der Waals surface area contributed by atoms with Crippen molar-refractivity contribution in [2.24, 2.45) is 11.8 Å². The van der Waals surface area contributed by atoms with Gasteiger partial charge in [0.25, 0.3) is 5.91 Å². The number of nitrogens with two attached hydrogens (primary N) is 1. The maximum atomic E-state index is 12.2. The number of rotatable bonds is 7. The van der Waals surface area contributed by atoms with Gasteiger partial charge in [-0.15, -0.1) is 0 Å². The van der Waals surface area contributed by atoms with Crippen LogP contribution in [0.4, 0.5) is 5.82 Å². The van der Waals surface area contributed by atoms with E-state index < -0.39 is 0 Å². The van der Waals surface area contributed by atoms with Crippen molar-refractivity contribution in [3.63, 3.8) is 0 Å². The molecule has 20 heavy (non-hydrogen) atoms. The van der Waals surface area contributed by atoms with Crippen LogP contribution in [-0.4, -0.2) is 16.9 Å². The van der Waals surface area contributed by atoms with Gasteiger partial charge in [0.05, 0.1) is 5.56 Å². The van der Waals surface area contributed by atoms with Crippen molar-refractivity contribution in [1.82, 2.24) is 10.3 Å². The number of hydrogen-bond acceptors (Lipinski definition) is 4. The molecule has 0 radical (unpaired) electrons. The average Bonchev–Trinajstić information content (AvgIpc) is 2.38. The smallest absolute Gasteiger partial charge is 0.255 e. The highest BCUT2D eigenvalue weighted by atomic mass is 79.9. The van der Waals surface area contributed by atoms with Gasteiger partial charge >= 0.3 is 0 Å². The van der Waals surface area contributed by atoms with E-state index in [1.54, 1.807) is 12.3 Å². The van der Waals surface area contributed by atoms with Gasteiger partial charge in [0, 0.05) is 16.7 Å². The summed E-state index contributed by atoms with van der Waals surface area (Å²) in [5, 5.41) is 2.98. The second-order valence-corrected chi connectivity index (χ2v) is 6.31. The van der Waals surface area contributed by atoms with Crippen LogP contribution in [-0.2, 0) is 0 Å². The Morgan fingerprint density at radius 2 is 2.10 bits per heavy atom. The number of carbonyl (C=O) groups is 1. The van der Waals surface area contributed by atoms with Crippen molar-refractivity contribution in [3.05, 3.63) is 22.3 Å². The van der Waals surface area contributed by atoms with Gasteiger partial charge < -0.3 is 10.7 Å². The summed E-state index contributed by atoms with van der Waals surface area (Å²) >= 11 is 3.31. The first kappa shape index (κ1) is 16.9. The Labute approximate surface area is 128 Å². The van der Waals surface area contributed by atoms with Gasteiger partial charge in [-0.1, -0.05) is 26.7 Å². The van der Waals surface area contributed by atoms with Crippen LogP contribution in [0.3, 0.4) is 0 Å². The fourth-order valence-corrected chi connectivity index (χ4v) is 2.26. The molecule has 1 heterocycles. The van der Waals surface area contributed by atoms with Gasteiger partial charge in [-0.2, -0.15) is 0 Å². The molecule has 1 atom stereocenters. The van der Waals surface area contributed by atoms with Gasteiger partial charge in [0.2, 0.25) is 0 Å². The minimum Gasteiger partial charge on any atom is -0.349 e. The number of carbonyl (C=O) groups excluding carboxylic acids is 1. The Bertz CT molecular complexity index is 451. The van der Waals surface area contributed by atoms with Crippen molar-refractivity contribution < 1.29 is 4.79 Å². The van der Waals surface area contributed by atoms with Crippen molar-refractivity contribution >= 4 is 27.7 Å². The number of nitrogens with zero attached hydrogens (tertiary/aromatic N) is 1. The topological polar surface area (TPSA) is 80.0 Å². The van der Waals surface area contributed by atoms with Crippen LogP contribution in [0.5, 0.6) is 0 Å². The number of hydrazine groups is 1. The molecule has 0 saturated heterocycles. The minimum absolute atomic E-state index is 0.130. The predicted molar refractivity (Wildman–Crippen MR) is 85.4 cm³/mol. The Morgan fingerprint density at radius 3 is 2.70 bits per heavy atom. The monoisotopic (exact) mass is 342 g/mol. The first-order chi connectivity index (χ1) is 9.43. The van der Waals surface area contributed by atoms with Gasteiger partial charge in [-0.05, 0) is 41.3 Å². The van der Waals surface area contributed by atoms with Crippen LogP contribution in [0.2, 0.25) is 0 Å². The highest BCUT2D eigenvalue weighted by Gasteiger charge is 2.15. The fraction of sp³-hybridized carbons (Fsp3) is 0.571. The molecule has 1 unspecified atom stereocenters. The zero-order valence-corrected chi connectivity index (χ0v) is 13.8. The van der Waals surface area contributed by atoms with Crippen LogP contribution in [0.15, 0.2) is 16.7 Å². The molecule has 1 aromatic heterocycles. The molecule has 0 aliphatic carbocycles. The summed E-state index contributed by atoms with van der Waals surface area (Å²) < 4.78 is 0.745. The Balaban J connectivity index is 2.59. The van der Waals surface area contributed by atoms with E-state index in [-0.39, 0.29) is 11.9 Å². The lowest BCUT2D eigenvalue weighted by Gasteiger charge is -2.15. The van der Waals surface area contributed by atoms with E-state index in [0.717, 1.165) is 17.3 Å². The fourth-order valence-electron chi connectivity index (χ4n) is 1.93. The zero-order chi connectivity index (χ0) is 15.1. The molecule has 0 fully saturated rings.